The highest BCUT2D eigenvalue weighted by Crippen LogP contribution is 2.50. The van der Waals surface area contributed by atoms with E-state index in [1.54, 1.807) is 16.7 Å². The maximum Gasteiger partial charge on any atom is 0.269 e. The smallest absolute Gasteiger partial charge is 0.269 e. The number of carbonyl (C=O) groups excluding carboxylic acids is 1. The van der Waals surface area contributed by atoms with Crippen molar-refractivity contribution in [1.29, 1.82) is 0 Å². The third-order valence-corrected chi connectivity index (χ3v) is 6.22. The molecule has 1 aromatic carbocycles. The Labute approximate surface area is 150 Å². The van der Waals surface area contributed by atoms with Crippen LogP contribution in [0, 0.1) is 0 Å². The van der Waals surface area contributed by atoms with Crippen LogP contribution in [0.25, 0.3) is 0 Å². The number of aliphatic imine (C=N–C) groups is 1. The molecule has 0 unspecified atom stereocenters. The van der Waals surface area contributed by atoms with E-state index in [9.17, 15) is 4.79 Å². The minimum absolute atomic E-state index is 0.0413. The molecule has 3 rings (SSSR count). The molecule has 4 nitrogen and oxygen atoms in total. The van der Waals surface area contributed by atoms with E-state index < -0.39 is 0 Å². The second-order valence-electron chi connectivity index (χ2n) is 4.95. The Morgan fingerprint density at radius 3 is 2.57 bits per heavy atom. The van der Waals surface area contributed by atoms with Crippen molar-refractivity contribution >= 4 is 51.9 Å². The van der Waals surface area contributed by atoms with E-state index in [1.165, 1.54) is 22.3 Å². The molecule has 0 bridgehead atoms. The fourth-order valence-corrected chi connectivity index (χ4v) is 5.13. The van der Waals surface area contributed by atoms with Gasteiger partial charge in [0.25, 0.3) is 5.91 Å². The first kappa shape index (κ1) is 16.7. The van der Waals surface area contributed by atoms with Crippen LogP contribution in [-0.4, -0.2) is 41.5 Å². The molecule has 122 valence electrons. The van der Waals surface area contributed by atoms with Crippen LogP contribution >= 0.6 is 35.1 Å². The van der Waals surface area contributed by atoms with Crippen molar-refractivity contribution in [3.8, 4) is 0 Å². The van der Waals surface area contributed by atoms with Gasteiger partial charge in [0.15, 0.2) is 5.17 Å². The van der Waals surface area contributed by atoms with E-state index in [2.05, 4.69) is 28.9 Å². The summed E-state index contributed by atoms with van der Waals surface area (Å²) >= 11 is 8.86. The van der Waals surface area contributed by atoms with Crippen molar-refractivity contribution < 1.29 is 4.79 Å². The first-order valence-corrected chi connectivity index (χ1v) is 9.76. The summed E-state index contributed by atoms with van der Waals surface area (Å²) in [6.07, 6.45) is 0. The Morgan fingerprint density at radius 2 is 1.87 bits per heavy atom. The van der Waals surface area contributed by atoms with Gasteiger partial charge in [-0.1, -0.05) is 23.9 Å². The van der Waals surface area contributed by atoms with Gasteiger partial charge < -0.3 is 4.90 Å². The number of para-hydroxylation sites is 1. The van der Waals surface area contributed by atoms with Crippen molar-refractivity contribution in [3.63, 3.8) is 0 Å². The van der Waals surface area contributed by atoms with Crippen LogP contribution in [0.2, 0.25) is 0 Å². The van der Waals surface area contributed by atoms with Crippen LogP contribution in [-0.2, 0) is 4.79 Å². The first-order chi connectivity index (χ1) is 11.2. The van der Waals surface area contributed by atoms with Crippen LogP contribution in [0.1, 0.15) is 13.8 Å². The quantitative estimate of drug-likeness (QED) is 0.595. The van der Waals surface area contributed by atoms with Crippen molar-refractivity contribution in [1.82, 2.24) is 4.90 Å². The maximum atomic E-state index is 12.8. The number of nitrogens with zero attached hydrogens (tertiary/aromatic N) is 3. The van der Waals surface area contributed by atoms with E-state index in [4.69, 9.17) is 11.6 Å². The average molecular weight is 368 g/mol. The Bertz CT molecular complexity index is 690. The molecule has 1 saturated heterocycles. The topological polar surface area (TPSA) is 35.9 Å². The molecule has 0 saturated carbocycles. The highest BCUT2D eigenvalue weighted by molar-refractivity contribution is 8.19. The number of anilines is 1. The van der Waals surface area contributed by atoms with Crippen LogP contribution in [0.15, 0.2) is 44.1 Å². The van der Waals surface area contributed by atoms with E-state index in [0.717, 1.165) is 21.6 Å². The fourth-order valence-electron chi connectivity index (χ4n) is 2.59. The average Bonchev–Trinajstić information content (AvgIpc) is 3.09. The lowest BCUT2D eigenvalue weighted by atomic mass is 10.3. The van der Waals surface area contributed by atoms with E-state index in [1.807, 2.05) is 19.1 Å². The van der Waals surface area contributed by atoms with Gasteiger partial charge in [-0.05, 0) is 37.7 Å². The SMILES string of the molecule is CCN1C(=O)C(=C2Sc3ccccc3N2CC)SC1=NCCCl. The summed E-state index contributed by atoms with van der Waals surface area (Å²) in [7, 11) is 0. The Hall–Kier alpha value is -1.11. The molecule has 0 radical (unpaired) electrons. The summed E-state index contributed by atoms with van der Waals surface area (Å²) in [5, 5.41) is 1.77. The number of hydrogen-bond donors (Lipinski definition) is 0. The lowest BCUT2D eigenvalue weighted by molar-refractivity contribution is -0.122. The predicted octanol–water partition coefficient (Wildman–Crippen LogP) is 3.98. The summed E-state index contributed by atoms with van der Waals surface area (Å²) in [6.45, 7) is 6.05. The van der Waals surface area contributed by atoms with Gasteiger partial charge in [0.2, 0.25) is 0 Å². The van der Waals surface area contributed by atoms with E-state index >= 15 is 0 Å². The molecule has 0 spiro atoms. The second kappa shape index (κ2) is 7.20. The molecule has 2 heterocycles. The minimum Gasteiger partial charge on any atom is -0.334 e. The van der Waals surface area contributed by atoms with Crippen LogP contribution < -0.4 is 4.90 Å². The van der Waals surface area contributed by atoms with Crippen molar-refractivity contribution in [2.45, 2.75) is 18.7 Å². The first-order valence-electron chi connectivity index (χ1n) is 7.60. The number of fused-ring (bicyclic) bond motifs is 1. The number of rotatable bonds is 4. The van der Waals surface area contributed by atoms with E-state index in [-0.39, 0.29) is 5.91 Å². The highest BCUT2D eigenvalue weighted by atomic mass is 35.5. The van der Waals surface area contributed by atoms with Crippen molar-refractivity contribution in [2.24, 2.45) is 4.99 Å². The van der Waals surface area contributed by atoms with Gasteiger partial charge in [-0.15, -0.1) is 11.6 Å². The van der Waals surface area contributed by atoms with Gasteiger partial charge in [0, 0.05) is 23.9 Å². The summed E-state index contributed by atoms with van der Waals surface area (Å²) in [6, 6.07) is 8.26. The molecule has 23 heavy (non-hydrogen) atoms. The molecular formula is C16H18ClN3OS2. The normalized spacial score (nSPS) is 22.4. The van der Waals surface area contributed by atoms with E-state index in [0.29, 0.717) is 19.0 Å². The summed E-state index contributed by atoms with van der Waals surface area (Å²) < 4.78 is 0. The molecule has 0 aromatic heterocycles. The predicted molar refractivity (Wildman–Crippen MR) is 100 cm³/mol. The lowest BCUT2D eigenvalue weighted by Crippen LogP contribution is -2.29. The number of amidine groups is 1. The maximum absolute atomic E-state index is 12.8. The molecule has 2 aliphatic heterocycles. The summed E-state index contributed by atoms with van der Waals surface area (Å²) in [5.41, 5.74) is 1.17. The molecule has 0 N–H and O–H groups in total. The third-order valence-electron chi connectivity index (χ3n) is 3.63. The molecule has 0 aliphatic carbocycles. The minimum atomic E-state index is 0.0413. The third kappa shape index (κ3) is 2.99. The van der Waals surface area contributed by atoms with Gasteiger partial charge in [0.1, 0.15) is 9.93 Å². The lowest BCUT2D eigenvalue weighted by Gasteiger charge is -2.19. The molecule has 1 aromatic rings. The largest absolute Gasteiger partial charge is 0.334 e. The number of halogens is 1. The van der Waals surface area contributed by atoms with Crippen LogP contribution in [0.4, 0.5) is 5.69 Å². The molecular weight excluding hydrogens is 350 g/mol. The molecule has 0 atom stereocenters. The Kier molecular flexibility index (Phi) is 5.24. The molecule has 1 fully saturated rings. The zero-order valence-electron chi connectivity index (χ0n) is 13.1. The standard InChI is InChI=1S/C16H18ClN3OS2/c1-3-19-11-7-5-6-8-12(11)22-15(19)13-14(21)20(4-2)16(23-13)18-10-9-17/h5-8H,3-4,9-10H2,1-2H3. The summed E-state index contributed by atoms with van der Waals surface area (Å²) in [5.74, 6) is 0.503. The Balaban J connectivity index is 2.00. The van der Waals surface area contributed by atoms with Gasteiger partial charge in [-0.25, -0.2) is 0 Å². The van der Waals surface area contributed by atoms with Crippen LogP contribution in [0.5, 0.6) is 0 Å². The molecule has 7 heteroatoms. The second-order valence-corrected chi connectivity index (χ2v) is 7.34. The van der Waals surface area contributed by atoms with Gasteiger partial charge >= 0.3 is 0 Å². The van der Waals surface area contributed by atoms with Gasteiger partial charge in [-0.3, -0.25) is 14.7 Å². The van der Waals surface area contributed by atoms with Crippen molar-refractivity contribution in [3.05, 3.63) is 34.2 Å². The number of amides is 1. The number of hydrogen-bond acceptors (Lipinski definition) is 5. The molecule has 1 amide bonds. The number of alkyl halides is 1. The van der Waals surface area contributed by atoms with Crippen LogP contribution in [0.3, 0.4) is 0 Å². The number of carbonyl (C=O) groups is 1. The fraction of sp³-hybridized carbons (Fsp3) is 0.375. The summed E-state index contributed by atoms with van der Waals surface area (Å²) in [4.78, 5) is 23.2. The monoisotopic (exact) mass is 367 g/mol. The van der Waals surface area contributed by atoms with Gasteiger partial charge in [0.05, 0.1) is 12.2 Å². The number of thioether (sulfide) groups is 2. The zero-order chi connectivity index (χ0) is 16.4. The highest BCUT2D eigenvalue weighted by Gasteiger charge is 2.38. The van der Waals surface area contributed by atoms with Crippen molar-refractivity contribution in [2.75, 3.05) is 30.4 Å². The number of benzene rings is 1. The number of likely N-dealkylation sites (N-methyl/N-ethyl adjacent to an activating group) is 1. The molecule has 2 aliphatic rings. The Morgan fingerprint density at radius 1 is 1.13 bits per heavy atom. The zero-order valence-corrected chi connectivity index (χ0v) is 15.5. The van der Waals surface area contributed by atoms with Gasteiger partial charge in [-0.2, -0.15) is 0 Å².